The van der Waals surface area contributed by atoms with Crippen molar-refractivity contribution >= 4 is 46.9 Å². The Labute approximate surface area is 214 Å². The number of thioether (sulfide) groups is 1. The van der Waals surface area contributed by atoms with E-state index < -0.39 is 45.7 Å². The molecule has 0 spiro atoms. The van der Waals surface area contributed by atoms with Gasteiger partial charge in [-0.25, -0.2) is 4.79 Å². The van der Waals surface area contributed by atoms with Crippen molar-refractivity contribution in [2.75, 3.05) is 0 Å². The largest absolute Gasteiger partial charge is 0.480 e. The third-order valence-corrected chi connectivity index (χ3v) is 7.90. The molecule has 3 atom stereocenters. The van der Waals surface area contributed by atoms with Crippen LogP contribution in [0.15, 0.2) is 36.4 Å². The van der Waals surface area contributed by atoms with Crippen LogP contribution in [-0.2, 0) is 19.9 Å². The van der Waals surface area contributed by atoms with Gasteiger partial charge in [-0.2, -0.15) is 13.2 Å². The molecule has 2 N–H and O–H groups in total. The molecule has 2 unspecified atom stereocenters. The van der Waals surface area contributed by atoms with Crippen LogP contribution in [0.4, 0.5) is 13.2 Å². The molecule has 0 bridgehead atoms. The van der Waals surface area contributed by atoms with Gasteiger partial charge >= 0.3 is 18.1 Å². The van der Waals surface area contributed by atoms with Crippen molar-refractivity contribution in [3.63, 3.8) is 0 Å². The van der Waals surface area contributed by atoms with E-state index in [2.05, 4.69) is 0 Å². The second-order valence-corrected chi connectivity index (χ2v) is 11.7. The van der Waals surface area contributed by atoms with Crippen LogP contribution in [-0.4, -0.2) is 39.2 Å². The molecule has 11 heteroatoms. The van der Waals surface area contributed by atoms with E-state index >= 15 is 0 Å². The fourth-order valence-electron chi connectivity index (χ4n) is 4.10. The van der Waals surface area contributed by atoms with Gasteiger partial charge in [-0.05, 0) is 68.7 Å². The summed E-state index contributed by atoms with van der Waals surface area (Å²) in [6.45, 7) is 6.58. The fraction of sp³-hybridized carbons (Fsp3) is 0.417. The van der Waals surface area contributed by atoms with E-state index in [9.17, 15) is 33.0 Å². The van der Waals surface area contributed by atoms with Gasteiger partial charge in [0.05, 0.1) is 5.56 Å². The standard InChI is InChI=1S/C24H23Cl2F3O5S/c1-12-7-13(5-6-17(12)20(32)34-21(2,3)4)22(33)11-23(24(27,28)29,35-18(22)19(30)31)14-8-15(25)10-16(26)9-14/h5-10,18,33H,11H2,1-4H3,(H,30,31)/t18?,22?,23-/m1/s1. The SMILES string of the molecule is Cc1cc(C2(O)C[C@@](c3cc(Cl)cc(Cl)c3)(C(F)(F)F)SC2C(=O)O)ccc1C(=O)OC(C)(C)C. The van der Waals surface area contributed by atoms with Gasteiger partial charge in [-0.3, -0.25) is 4.79 Å². The predicted octanol–water partition coefficient (Wildman–Crippen LogP) is 6.49. The highest BCUT2D eigenvalue weighted by atomic mass is 35.5. The Morgan fingerprint density at radius 2 is 1.63 bits per heavy atom. The Hall–Kier alpha value is -1.94. The Morgan fingerprint density at radius 3 is 2.09 bits per heavy atom. The number of hydrogen-bond donors (Lipinski definition) is 2. The minimum atomic E-state index is -4.96. The second kappa shape index (κ2) is 9.18. The lowest BCUT2D eigenvalue weighted by atomic mass is 9.78. The second-order valence-electron chi connectivity index (χ2n) is 9.45. The molecule has 1 saturated heterocycles. The maximum atomic E-state index is 14.6. The number of aliphatic carboxylic acids is 1. The van der Waals surface area contributed by atoms with Crippen LogP contribution >= 0.6 is 35.0 Å². The highest BCUT2D eigenvalue weighted by molar-refractivity contribution is 8.02. The van der Waals surface area contributed by atoms with Crippen molar-refractivity contribution in [2.24, 2.45) is 0 Å². The Balaban J connectivity index is 2.15. The summed E-state index contributed by atoms with van der Waals surface area (Å²) in [6, 6.07) is 7.26. The zero-order chi connectivity index (χ0) is 26.6. The zero-order valence-corrected chi connectivity index (χ0v) is 21.5. The van der Waals surface area contributed by atoms with Gasteiger partial charge in [0.25, 0.3) is 0 Å². The average molecular weight is 551 g/mol. The molecule has 5 nitrogen and oxygen atoms in total. The lowest BCUT2D eigenvalue weighted by Gasteiger charge is -2.33. The number of hydrogen-bond acceptors (Lipinski definition) is 5. The fourth-order valence-corrected chi connectivity index (χ4v) is 6.24. The molecule has 1 fully saturated rings. The Morgan fingerprint density at radius 1 is 1.06 bits per heavy atom. The third kappa shape index (κ3) is 5.28. The van der Waals surface area contributed by atoms with Crippen LogP contribution in [0.1, 0.15) is 54.2 Å². The summed E-state index contributed by atoms with van der Waals surface area (Å²) in [5.74, 6) is -2.27. The molecule has 0 radical (unpaired) electrons. The predicted molar refractivity (Wildman–Crippen MR) is 128 cm³/mol. The van der Waals surface area contributed by atoms with Crippen molar-refractivity contribution in [2.45, 2.75) is 61.5 Å². The summed E-state index contributed by atoms with van der Waals surface area (Å²) < 4.78 is 46.3. The first-order valence-corrected chi connectivity index (χ1v) is 12.0. The molecule has 2 aromatic carbocycles. The van der Waals surface area contributed by atoms with Crippen molar-refractivity contribution in [3.05, 3.63) is 68.7 Å². The molecule has 1 heterocycles. The number of carbonyl (C=O) groups is 2. The lowest BCUT2D eigenvalue weighted by molar-refractivity contribution is -0.173. The highest BCUT2D eigenvalue weighted by Gasteiger charge is 2.69. The van der Waals surface area contributed by atoms with E-state index in [1.165, 1.54) is 31.2 Å². The molecule has 3 rings (SSSR count). The van der Waals surface area contributed by atoms with Crippen molar-refractivity contribution in [1.29, 1.82) is 0 Å². The number of aliphatic hydroxyl groups is 1. The molecular formula is C24H23Cl2F3O5S. The Kier molecular flexibility index (Phi) is 7.25. The van der Waals surface area contributed by atoms with Crippen LogP contribution in [0.2, 0.25) is 10.0 Å². The summed E-state index contributed by atoms with van der Waals surface area (Å²) in [4.78, 5) is 24.6. The third-order valence-electron chi connectivity index (χ3n) is 5.63. The monoisotopic (exact) mass is 550 g/mol. The maximum absolute atomic E-state index is 14.6. The number of esters is 1. The van der Waals surface area contributed by atoms with E-state index in [0.717, 1.165) is 12.1 Å². The first-order chi connectivity index (χ1) is 15.9. The van der Waals surface area contributed by atoms with Gasteiger partial charge in [0.15, 0.2) is 0 Å². The number of benzene rings is 2. The van der Waals surface area contributed by atoms with Crippen LogP contribution < -0.4 is 0 Å². The van der Waals surface area contributed by atoms with Crippen LogP contribution in [0, 0.1) is 6.92 Å². The summed E-state index contributed by atoms with van der Waals surface area (Å²) in [6.07, 6.45) is -5.97. The number of carboxylic acids is 1. The number of rotatable bonds is 4. The molecule has 0 saturated carbocycles. The number of ether oxygens (including phenoxy) is 1. The van der Waals surface area contributed by atoms with Gasteiger partial charge in [0.1, 0.15) is 21.2 Å². The minimum Gasteiger partial charge on any atom is -0.480 e. The number of halogens is 5. The van der Waals surface area contributed by atoms with Crippen molar-refractivity contribution in [3.8, 4) is 0 Å². The molecule has 0 aliphatic carbocycles. The van der Waals surface area contributed by atoms with E-state index in [4.69, 9.17) is 27.9 Å². The number of carbonyl (C=O) groups excluding carboxylic acids is 1. The maximum Gasteiger partial charge on any atom is 0.407 e. The van der Waals surface area contributed by atoms with Crippen LogP contribution in [0.5, 0.6) is 0 Å². The summed E-state index contributed by atoms with van der Waals surface area (Å²) in [5, 5.41) is 19.4. The van der Waals surface area contributed by atoms with Crippen LogP contribution in [0.3, 0.4) is 0 Å². The number of carboxylic acid groups (broad SMARTS) is 1. The first kappa shape index (κ1) is 27.6. The quantitative estimate of drug-likeness (QED) is 0.423. The summed E-state index contributed by atoms with van der Waals surface area (Å²) in [5.41, 5.74) is -3.18. The molecule has 1 aliphatic rings. The normalized spacial score (nSPS) is 24.9. The van der Waals surface area contributed by atoms with E-state index in [1.54, 1.807) is 20.8 Å². The van der Waals surface area contributed by atoms with Crippen molar-refractivity contribution in [1.82, 2.24) is 0 Å². The van der Waals surface area contributed by atoms with Gasteiger partial charge < -0.3 is 14.9 Å². The van der Waals surface area contributed by atoms with E-state index in [0.29, 0.717) is 5.56 Å². The number of aryl methyl sites for hydroxylation is 1. The number of alkyl halides is 3. The molecule has 0 aromatic heterocycles. The molecule has 0 amide bonds. The summed E-state index contributed by atoms with van der Waals surface area (Å²) in [7, 11) is 0. The average Bonchev–Trinajstić information content (AvgIpc) is 3.02. The van der Waals surface area contributed by atoms with E-state index in [1.807, 2.05) is 0 Å². The van der Waals surface area contributed by atoms with Gasteiger partial charge in [0.2, 0.25) is 0 Å². The van der Waals surface area contributed by atoms with Crippen molar-refractivity contribution < 1.29 is 37.7 Å². The smallest absolute Gasteiger partial charge is 0.407 e. The summed E-state index contributed by atoms with van der Waals surface area (Å²) >= 11 is 12.0. The minimum absolute atomic E-state index is 0.0587. The molecule has 2 aromatic rings. The first-order valence-electron chi connectivity index (χ1n) is 10.4. The Bertz CT molecular complexity index is 1160. The zero-order valence-electron chi connectivity index (χ0n) is 19.2. The van der Waals surface area contributed by atoms with Gasteiger partial charge in [0, 0.05) is 16.5 Å². The van der Waals surface area contributed by atoms with Gasteiger partial charge in [-0.1, -0.05) is 35.3 Å². The molecular weight excluding hydrogens is 528 g/mol. The van der Waals surface area contributed by atoms with E-state index in [-0.39, 0.29) is 38.5 Å². The highest BCUT2D eigenvalue weighted by Crippen LogP contribution is 2.65. The topological polar surface area (TPSA) is 83.8 Å². The molecule has 190 valence electrons. The molecule has 35 heavy (non-hydrogen) atoms. The lowest BCUT2D eigenvalue weighted by Crippen LogP contribution is -2.41. The van der Waals surface area contributed by atoms with Crippen LogP contribution in [0.25, 0.3) is 0 Å². The van der Waals surface area contributed by atoms with Gasteiger partial charge in [-0.15, -0.1) is 11.8 Å². The molecule has 1 aliphatic heterocycles.